The molecule has 1 aromatic carbocycles. The van der Waals surface area contributed by atoms with Gasteiger partial charge < -0.3 is 25.2 Å². The highest BCUT2D eigenvalue weighted by Gasteiger charge is 2.11. The minimum Gasteiger partial charge on any atom is -0.502 e. The molecule has 0 unspecified atom stereocenters. The van der Waals surface area contributed by atoms with Gasteiger partial charge in [0.05, 0.1) is 14.2 Å². The zero-order chi connectivity index (χ0) is 15.0. The van der Waals surface area contributed by atoms with Gasteiger partial charge >= 0.3 is 0 Å². The molecule has 0 atom stereocenters. The third-order valence-electron chi connectivity index (χ3n) is 2.64. The second-order valence-corrected chi connectivity index (χ2v) is 3.94. The third kappa shape index (κ3) is 5.70. The zero-order valence-electron chi connectivity index (χ0n) is 12.5. The number of phenols is 1. The Morgan fingerprint density at radius 3 is 2.29 bits per heavy atom. The van der Waals surface area contributed by atoms with Crippen LogP contribution in [0.5, 0.6) is 17.2 Å². The molecule has 6 nitrogen and oxygen atoms in total. The summed E-state index contributed by atoms with van der Waals surface area (Å²) >= 11 is 0. The second kappa shape index (κ2) is 10.1. The summed E-state index contributed by atoms with van der Waals surface area (Å²) in [7, 11) is 4.68. The topological polar surface area (TPSA) is 75.1 Å². The maximum absolute atomic E-state index is 9.84. The molecule has 0 saturated carbocycles. The molecule has 3 N–H and O–H groups in total. The minimum atomic E-state index is -0.00656. The van der Waals surface area contributed by atoms with Crippen molar-refractivity contribution in [2.75, 3.05) is 27.8 Å². The van der Waals surface area contributed by atoms with E-state index >= 15 is 0 Å². The van der Waals surface area contributed by atoms with E-state index in [-0.39, 0.29) is 29.7 Å². The predicted molar refractivity (Wildman–Crippen MR) is 95.0 cm³/mol. The maximum Gasteiger partial charge on any atom is 0.200 e. The smallest absolute Gasteiger partial charge is 0.200 e. The molecule has 21 heavy (non-hydrogen) atoms. The van der Waals surface area contributed by atoms with Gasteiger partial charge in [0, 0.05) is 20.1 Å². The Bertz CT molecular complexity index is 467. The van der Waals surface area contributed by atoms with Gasteiger partial charge in [-0.3, -0.25) is 4.99 Å². The molecule has 118 valence electrons. The van der Waals surface area contributed by atoms with Crippen LogP contribution in [0.3, 0.4) is 0 Å². The van der Waals surface area contributed by atoms with Gasteiger partial charge in [-0.1, -0.05) is 6.08 Å². The molecule has 0 aliphatic heterocycles. The summed E-state index contributed by atoms with van der Waals surface area (Å²) in [5.74, 6) is 1.40. The molecular formula is C14H22IN3O3. The number of benzene rings is 1. The van der Waals surface area contributed by atoms with Crippen molar-refractivity contribution in [3.8, 4) is 17.2 Å². The first kappa shape index (κ1) is 19.4. The Morgan fingerprint density at radius 2 is 1.86 bits per heavy atom. The van der Waals surface area contributed by atoms with Gasteiger partial charge in [0.25, 0.3) is 0 Å². The quantitative estimate of drug-likeness (QED) is 0.291. The van der Waals surface area contributed by atoms with Crippen molar-refractivity contribution >= 4 is 29.9 Å². The number of halogens is 1. The highest BCUT2D eigenvalue weighted by Crippen LogP contribution is 2.36. The summed E-state index contributed by atoms with van der Waals surface area (Å²) < 4.78 is 10.2. The van der Waals surface area contributed by atoms with E-state index in [0.717, 1.165) is 5.56 Å². The van der Waals surface area contributed by atoms with Crippen LogP contribution in [0.15, 0.2) is 29.8 Å². The lowest BCUT2D eigenvalue weighted by molar-refractivity contribution is 0.339. The largest absolute Gasteiger partial charge is 0.502 e. The van der Waals surface area contributed by atoms with Crippen LogP contribution in [0.2, 0.25) is 0 Å². The van der Waals surface area contributed by atoms with Crippen LogP contribution in [-0.2, 0) is 6.54 Å². The first-order chi connectivity index (χ1) is 9.65. The average Bonchev–Trinajstić information content (AvgIpc) is 2.48. The number of hydrogen-bond donors (Lipinski definition) is 3. The number of ether oxygens (including phenoxy) is 2. The van der Waals surface area contributed by atoms with Gasteiger partial charge in [-0.15, -0.1) is 30.6 Å². The second-order valence-electron chi connectivity index (χ2n) is 3.94. The molecule has 0 aliphatic carbocycles. The van der Waals surface area contributed by atoms with E-state index < -0.39 is 0 Å². The Morgan fingerprint density at radius 1 is 1.29 bits per heavy atom. The molecule has 0 fully saturated rings. The maximum atomic E-state index is 9.84. The van der Waals surface area contributed by atoms with Gasteiger partial charge in [0.15, 0.2) is 17.5 Å². The van der Waals surface area contributed by atoms with E-state index in [1.165, 1.54) is 14.2 Å². The zero-order valence-corrected chi connectivity index (χ0v) is 14.8. The molecule has 1 aromatic rings. The van der Waals surface area contributed by atoms with Crippen LogP contribution < -0.4 is 20.1 Å². The van der Waals surface area contributed by atoms with Crippen LogP contribution in [0, 0.1) is 0 Å². The molecule has 0 saturated heterocycles. The number of guanidine groups is 1. The minimum absolute atomic E-state index is 0. The lowest BCUT2D eigenvalue weighted by Crippen LogP contribution is -2.36. The van der Waals surface area contributed by atoms with Gasteiger partial charge in [-0.05, 0) is 17.7 Å². The summed E-state index contributed by atoms with van der Waals surface area (Å²) in [6.45, 7) is 4.78. The van der Waals surface area contributed by atoms with E-state index in [4.69, 9.17) is 9.47 Å². The predicted octanol–water partition coefficient (Wildman–Crippen LogP) is 1.88. The Balaban J connectivity index is 0.00000400. The van der Waals surface area contributed by atoms with Crippen LogP contribution >= 0.6 is 24.0 Å². The number of methoxy groups -OCH3 is 2. The first-order valence-corrected chi connectivity index (χ1v) is 6.15. The summed E-state index contributed by atoms with van der Waals surface area (Å²) in [6.07, 6.45) is 1.75. The van der Waals surface area contributed by atoms with E-state index in [0.29, 0.717) is 30.5 Å². The molecule has 0 heterocycles. The standard InChI is InChI=1S/C14H21N3O3.HI/c1-5-6-16-14(15-2)17-9-10-7-11(19-3)13(18)12(8-10)20-4;/h5,7-8,18H,1,6,9H2,2-4H3,(H2,15,16,17);1H. The highest BCUT2D eigenvalue weighted by atomic mass is 127. The lowest BCUT2D eigenvalue weighted by Gasteiger charge is -2.13. The summed E-state index contributed by atoms with van der Waals surface area (Å²) in [6, 6.07) is 3.48. The van der Waals surface area contributed by atoms with Gasteiger partial charge in [-0.2, -0.15) is 0 Å². The van der Waals surface area contributed by atoms with E-state index in [9.17, 15) is 5.11 Å². The lowest BCUT2D eigenvalue weighted by atomic mass is 10.2. The van der Waals surface area contributed by atoms with Crippen molar-refractivity contribution in [2.24, 2.45) is 4.99 Å². The highest BCUT2D eigenvalue weighted by molar-refractivity contribution is 14.0. The number of nitrogens with zero attached hydrogens (tertiary/aromatic N) is 1. The SMILES string of the molecule is C=CCNC(=NC)NCc1cc(OC)c(O)c(OC)c1.I. The number of aromatic hydroxyl groups is 1. The van der Waals surface area contributed by atoms with Crippen molar-refractivity contribution in [3.63, 3.8) is 0 Å². The Kier molecular flexibility index (Phi) is 9.35. The number of phenolic OH excluding ortho intramolecular Hbond substituents is 1. The number of nitrogens with one attached hydrogen (secondary N) is 2. The normalized spacial score (nSPS) is 10.3. The van der Waals surface area contributed by atoms with Crippen molar-refractivity contribution in [1.82, 2.24) is 10.6 Å². The van der Waals surface area contributed by atoms with E-state index in [1.54, 1.807) is 25.3 Å². The fourth-order valence-corrected chi connectivity index (χ4v) is 1.63. The molecule has 0 spiro atoms. The molecule has 0 aliphatic rings. The van der Waals surface area contributed by atoms with Crippen LogP contribution in [-0.4, -0.2) is 38.9 Å². The van der Waals surface area contributed by atoms with E-state index in [2.05, 4.69) is 22.2 Å². The van der Waals surface area contributed by atoms with Gasteiger partial charge in [-0.25, -0.2) is 0 Å². The summed E-state index contributed by atoms with van der Waals surface area (Å²) in [4.78, 5) is 4.08. The summed E-state index contributed by atoms with van der Waals surface area (Å²) in [5.41, 5.74) is 0.901. The number of aliphatic imine (C=N–C) groups is 1. The molecule has 0 bridgehead atoms. The van der Waals surface area contributed by atoms with Crippen LogP contribution in [0.4, 0.5) is 0 Å². The molecule has 1 rings (SSSR count). The molecular weight excluding hydrogens is 385 g/mol. The van der Waals surface area contributed by atoms with Crippen LogP contribution in [0.25, 0.3) is 0 Å². The monoisotopic (exact) mass is 407 g/mol. The molecule has 0 radical (unpaired) electrons. The first-order valence-electron chi connectivity index (χ1n) is 6.15. The Labute approximate surface area is 142 Å². The fourth-order valence-electron chi connectivity index (χ4n) is 1.63. The molecule has 0 aromatic heterocycles. The number of hydrogen-bond acceptors (Lipinski definition) is 4. The van der Waals surface area contributed by atoms with Crippen molar-refractivity contribution in [2.45, 2.75) is 6.54 Å². The van der Waals surface area contributed by atoms with Crippen molar-refractivity contribution in [1.29, 1.82) is 0 Å². The van der Waals surface area contributed by atoms with Crippen molar-refractivity contribution in [3.05, 3.63) is 30.4 Å². The third-order valence-corrected chi connectivity index (χ3v) is 2.64. The molecule has 7 heteroatoms. The molecule has 0 amide bonds. The Hall–Kier alpha value is -1.64. The average molecular weight is 407 g/mol. The van der Waals surface area contributed by atoms with E-state index in [1.807, 2.05) is 0 Å². The summed E-state index contributed by atoms with van der Waals surface area (Å²) in [5, 5.41) is 16.0. The van der Waals surface area contributed by atoms with Gasteiger partial charge in [0.1, 0.15) is 0 Å². The van der Waals surface area contributed by atoms with Gasteiger partial charge in [0.2, 0.25) is 5.75 Å². The fraction of sp³-hybridized carbons (Fsp3) is 0.357. The van der Waals surface area contributed by atoms with Crippen LogP contribution in [0.1, 0.15) is 5.56 Å². The van der Waals surface area contributed by atoms with Crippen molar-refractivity contribution < 1.29 is 14.6 Å². The number of rotatable bonds is 6.